The first-order valence-electron chi connectivity index (χ1n) is 4.96. The molecule has 2 atom stereocenters. The van der Waals surface area contributed by atoms with E-state index in [9.17, 15) is 15.0 Å². The third-order valence-corrected chi connectivity index (χ3v) is 3.08. The number of rotatable bonds is 1. The molecule has 1 aliphatic heterocycles. The van der Waals surface area contributed by atoms with Gasteiger partial charge in [0.1, 0.15) is 10.8 Å². The van der Waals surface area contributed by atoms with Gasteiger partial charge >= 0.3 is 0 Å². The second-order valence-electron chi connectivity index (χ2n) is 3.81. The van der Waals surface area contributed by atoms with E-state index < -0.39 is 18.1 Å². The predicted molar refractivity (Wildman–Crippen MR) is 62.2 cm³/mol. The van der Waals surface area contributed by atoms with Crippen molar-refractivity contribution in [2.75, 3.05) is 13.1 Å². The Balaban J connectivity index is 2.23. The molecule has 2 heterocycles. The molecule has 1 aromatic heterocycles. The number of aromatic nitrogens is 1. The minimum Gasteiger partial charge on any atom is -0.388 e. The molecule has 0 saturated carbocycles. The summed E-state index contributed by atoms with van der Waals surface area (Å²) in [6.45, 7) is 0.120. The van der Waals surface area contributed by atoms with Crippen molar-refractivity contribution in [2.24, 2.45) is 0 Å². The van der Waals surface area contributed by atoms with Gasteiger partial charge in [-0.3, -0.25) is 4.79 Å². The van der Waals surface area contributed by atoms with Gasteiger partial charge in [0.2, 0.25) is 0 Å². The maximum absolute atomic E-state index is 12.0. The number of halogens is 2. The van der Waals surface area contributed by atoms with Crippen molar-refractivity contribution in [3.8, 4) is 0 Å². The summed E-state index contributed by atoms with van der Waals surface area (Å²) in [5.41, 5.74) is 0.0282. The average Bonchev–Trinajstić information content (AvgIpc) is 2.62. The van der Waals surface area contributed by atoms with Crippen molar-refractivity contribution in [3.05, 3.63) is 28.0 Å². The van der Waals surface area contributed by atoms with Crippen molar-refractivity contribution in [1.29, 1.82) is 0 Å². The summed E-state index contributed by atoms with van der Waals surface area (Å²) in [5, 5.41) is 19.1. The highest BCUT2D eigenvalue weighted by Crippen LogP contribution is 2.20. The number of aliphatic hydroxyl groups is 2. The molecule has 2 N–H and O–H groups in total. The van der Waals surface area contributed by atoms with E-state index in [2.05, 4.69) is 4.98 Å². The van der Waals surface area contributed by atoms with Crippen molar-refractivity contribution < 1.29 is 15.0 Å². The van der Waals surface area contributed by atoms with Crippen LogP contribution in [0.3, 0.4) is 0 Å². The molecule has 0 bridgehead atoms. The number of hydrogen-bond acceptors (Lipinski definition) is 4. The van der Waals surface area contributed by atoms with E-state index >= 15 is 0 Å². The molecular formula is C10H10Cl2N2O3. The molecule has 1 fully saturated rings. The van der Waals surface area contributed by atoms with Crippen LogP contribution >= 0.6 is 23.2 Å². The number of aliphatic hydroxyl groups excluding tert-OH is 2. The highest BCUT2D eigenvalue weighted by Gasteiger charge is 2.34. The van der Waals surface area contributed by atoms with Gasteiger partial charge in [-0.1, -0.05) is 23.2 Å². The van der Waals surface area contributed by atoms with Crippen molar-refractivity contribution in [2.45, 2.75) is 12.2 Å². The van der Waals surface area contributed by atoms with Crippen molar-refractivity contribution >= 4 is 29.1 Å². The zero-order chi connectivity index (χ0) is 12.6. The molecule has 0 spiro atoms. The smallest absolute Gasteiger partial charge is 0.274 e. The zero-order valence-corrected chi connectivity index (χ0v) is 10.2. The lowest BCUT2D eigenvalue weighted by atomic mass is 10.3. The summed E-state index contributed by atoms with van der Waals surface area (Å²) in [4.78, 5) is 17.1. The van der Waals surface area contributed by atoms with E-state index in [0.29, 0.717) is 0 Å². The summed E-state index contributed by atoms with van der Waals surface area (Å²) < 4.78 is 0. The minimum atomic E-state index is -0.933. The van der Waals surface area contributed by atoms with E-state index in [1.165, 1.54) is 17.0 Å². The fourth-order valence-electron chi connectivity index (χ4n) is 1.65. The molecule has 1 aliphatic rings. The molecule has 2 unspecified atom stereocenters. The van der Waals surface area contributed by atoms with E-state index in [1.807, 2.05) is 0 Å². The van der Waals surface area contributed by atoms with E-state index in [-0.39, 0.29) is 29.0 Å². The molecule has 0 aliphatic carbocycles. The Hall–Kier alpha value is -0.880. The van der Waals surface area contributed by atoms with Crippen LogP contribution in [0.25, 0.3) is 0 Å². The van der Waals surface area contributed by atoms with E-state index in [4.69, 9.17) is 23.2 Å². The van der Waals surface area contributed by atoms with Gasteiger partial charge in [0.15, 0.2) is 0 Å². The number of β-amino-alcohol motifs (C(OH)–C–C–N with tert-alkyl or cyclic N) is 2. The quantitative estimate of drug-likeness (QED) is 0.736. The standard InChI is InChI=1S/C10H10Cl2N2O3/c11-5-1-2-8(12)13-9(5)10(17)14-3-6(15)7(16)4-14/h1-2,6-7,15-16H,3-4H2. The Morgan fingerprint density at radius 3 is 2.47 bits per heavy atom. The number of amides is 1. The predicted octanol–water partition coefficient (Wildman–Crippen LogP) is 0.566. The lowest BCUT2D eigenvalue weighted by molar-refractivity contribution is 0.0572. The molecule has 1 saturated heterocycles. The zero-order valence-electron chi connectivity index (χ0n) is 8.68. The van der Waals surface area contributed by atoms with Crippen LogP contribution in [0.2, 0.25) is 10.2 Å². The first-order chi connectivity index (χ1) is 7.99. The van der Waals surface area contributed by atoms with E-state index in [0.717, 1.165) is 0 Å². The topological polar surface area (TPSA) is 73.7 Å². The van der Waals surface area contributed by atoms with Crippen LogP contribution in [0.1, 0.15) is 10.5 Å². The molecule has 5 nitrogen and oxygen atoms in total. The van der Waals surface area contributed by atoms with Crippen LogP contribution in [0.4, 0.5) is 0 Å². The second kappa shape index (κ2) is 4.78. The number of hydrogen-bond donors (Lipinski definition) is 2. The number of pyridine rings is 1. The van der Waals surface area contributed by atoms with Crippen LogP contribution in [0.15, 0.2) is 12.1 Å². The fourth-order valence-corrected chi connectivity index (χ4v) is 1.99. The monoisotopic (exact) mass is 276 g/mol. The van der Waals surface area contributed by atoms with Crippen molar-refractivity contribution in [1.82, 2.24) is 9.88 Å². The third kappa shape index (κ3) is 2.52. The summed E-state index contributed by atoms with van der Waals surface area (Å²) in [6.07, 6.45) is -1.87. The van der Waals surface area contributed by atoms with E-state index in [1.54, 1.807) is 0 Å². The molecule has 1 amide bonds. The maximum atomic E-state index is 12.0. The number of carbonyl (C=O) groups is 1. The molecule has 0 radical (unpaired) electrons. The van der Waals surface area contributed by atoms with Crippen LogP contribution in [-0.2, 0) is 0 Å². The van der Waals surface area contributed by atoms with Crippen LogP contribution in [-0.4, -0.2) is 51.3 Å². The molecule has 1 aromatic rings. The Morgan fingerprint density at radius 1 is 1.29 bits per heavy atom. The molecule has 0 aromatic carbocycles. The lowest BCUT2D eigenvalue weighted by Gasteiger charge is -2.15. The second-order valence-corrected chi connectivity index (χ2v) is 4.60. The average molecular weight is 277 g/mol. The van der Waals surface area contributed by atoms with Crippen molar-refractivity contribution in [3.63, 3.8) is 0 Å². The van der Waals surface area contributed by atoms with Crippen LogP contribution in [0, 0.1) is 0 Å². The normalized spacial score (nSPS) is 24.1. The first-order valence-corrected chi connectivity index (χ1v) is 5.72. The Morgan fingerprint density at radius 2 is 1.88 bits per heavy atom. The summed E-state index contributed by atoms with van der Waals surface area (Å²) in [5.74, 6) is -0.451. The molecule has 2 rings (SSSR count). The lowest BCUT2D eigenvalue weighted by Crippen LogP contribution is -2.30. The van der Waals surface area contributed by atoms with Gasteiger partial charge in [-0.05, 0) is 12.1 Å². The number of carbonyl (C=O) groups excluding carboxylic acids is 1. The largest absolute Gasteiger partial charge is 0.388 e. The molecule has 92 valence electrons. The van der Waals surface area contributed by atoms with Gasteiger partial charge in [0.05, 0.1) is 17.2 Å². The van der Waals surface area contributed by atoms with Crippen LogP contribution < -0.4 is 0 Å². The summed E-state index contributed by atoms with van der Waals surface area (Å²) in [7, 11) is 0. The fraction of sp³-hybridized carbons (Fsp3) is 0.400. The highest BCUT2D eigenvalue weighted by atomic mass is 35.5. The number of nitrogens with zero attached hydrogens (tertiary/aromatic N) is 2. The van der Waals surface area contributed by atoms with Gasteiger partial charge < -0.3 is 15.1 Å². The number of likely N-dealkylation sites (tertiary alicyclic amines) is 1. The molecule has 17 heavy (non-hydrogen) atoms. The van der Waals surface area contributed by atoms with Crippen LogP contribution in [0.5, 0.6) is 0 Å². The van der Waals surface area contributed by atoms with Gasteiger partial charge in [-0.2, -0.15) is 0 Å². The molecular weight excluding hydrogens is 267 g/mol. The SMILES string of the molecule is O=C(c1nc(Cl)ccc1Cl)N1CC(O)C(O)C1. The highest BCUT2D eigenvalue weighted by molar-refractivity contribution is 6.34. The maximum Gasteiger partial charge on any atom is 0.274 e. The van der Waals surface area contributed by atoms with Gasteiger partial charge in [-0.25, -0.2) is 4.98 Å². The van der Waals surface area contributed by atoms with Gasteiger partial charge in [-0.15, -0.1) is 0 Å². The molecule has 7 heteroatoms. The summed E-state index contributed by atoms with van der Waals surface area (Å²) >= 11 is 11.5. The Bertz CT molecular complexity index is 445. The van der Waals surface area contributed by atoms with Gasteiger partial charge in [0.25, 0.3) is 5.91 Å². The third-order valence-electron chi connectivity index (χ3n) is 2.56. The Labute approximate surface area is 108 Å². The minimum absolute atomic E-state index is 0.0282. The first kappa shape index (κ1) is 12.6. The summed E-state index contributed by atoms with van der Waals surface area (Å²) in [6, 6.07) is 2.96. The van der Waals surface area contributed by atoms with Gasteiger partial charge in [0, 0.05) is 13.1 Å². The Kier molecular flexibility index (Phi) is 3.53.